The van der Waals surface area contributed by atoms with E-state index in [1.807, 2.05) is 61.5 Å². The molecule has 0 spiro atoms. The topological polar surface area (TPSA) is 58.6 Å². The van der Waals surface area contributed by atoms with E-state index in [4.69, 9.17) is 4.74 Å². The number of anilines is 1. The number of hydrogen-bond acceptors (Lipinski definition) is 4. The van der Waals surface area contributed by atoms with Gasteiger partial charge in [0.1, 0.15) is 12.6 Å². The molecule has 1 atom stereocenters. The summed E-state index contributed by atoms with van der Waals surface area (Å²) in [7, 11) is 0. The van der Waals surface area contributed by atoms with Crippen LogP contribution in [0.1, 0.15) is 11.1 Å². The maximum absolute atomic E-state index is 12.6. The van der Waals surface area contributed by atoms with Gasteiger partial charge in [-0.05, 0) is 31.0 Å². The van der Waals surface area contributed by atoms with Crippen LogP contribution in [0.2, 0.25) is 0 Å². The normalized spacial score (nSPS) is 16.3. The summed E-state index contributed by atoms with van der Waals surface area (Å²) in [6.45, 7) is 2.48. The molecule has 1 saturated heterocycles. The second kappa shape index (κ2) is 9.58. The highest BCUT2D eigenvalue weighted by molar-refractivity contribution is 7.99. The Morgan fingerprint density at radius 3 is 2.63 bits per heavy atom. The number of carbonyl (C=O) groups is 2. The molecule has 1 fully saturated rings. The standard InChI is InChI=1S/C21H24N2O3S/c1-16-7-9-18(10-8-16)22-21(25)19-14-27-15-23(19)20(24)13-26-12-11-17-5-3-2-4-6-17/h2-10,19H,11-15H2,1H3,(H,22,25). The molecular weight excluding hydrogens is 360 g/mol. The van der Waals surface area contributed by atoms with Crippen LogP contribution in [0.3, 0.4) is 0 Å². The van der Waals surface area contributed by atoms with Crippen LogP contribution in [-0.2, 0) is 20.7 Å². The second-order valence-electron chi connectivity index (χ2n) is 6.52. The Balaban J connectivity index is 1.47. The smallest absolute Gasteiger partial charge is 0.249 e. The fraction of sp³-hybridized carbons (Fsp3) is 0.333. The molecule has 5 nitrogen and oxygen atoms in total. The Morgan fingerprint density at radius 1 is 1.15 bits per heavy atom. The van der Waals surface area contributed by atoms with Crippen LogP contribution in [-0.4, -0.2) is 47.6 Å². The molecule has 1 unspecified atom stereocenters. The van der Waals surface area contributed by atoms with Crippen molar-refractivity contribution in [3.63, 3.8) is 0 Å². The molecule has 3 rings (SSSR count). The predicted molar refractivity (Wildman–Crippen MR) is 109 cm³/mol. The van der Waals surface area contributed by atoms with Gasteiger partial charge in [-0.2, -0.15) is 0 Å². The van der Waals surface area contributed by atoms with Gasteiger partial charge in [-0.25, -0.2) is 0 Å². The molecule has 0 aliphatic carbocycles. The third-order valence-corrected chi connectivity index (χ3v) is 5.44. The van der Waals surface area contributed by atoms with E-state index in [1.54, 1.807) is 16.7 Å². The largest absolute Gasteiger partial charge is 0.371 e. The van der Waals surface area contributed by atoms with Crippen molar-refractivity contribution in [2.75, 3.05) is 30.2 Å². The second-order valence-corrected chi connectivity index (χ2v) is 7.52. The average molecular weight is 385 g/mol. The van der Waals surface area contributed by atoms with E-state index in [-0.39, 0.29) is 18.4 Å². The molecule has 6 heteroatoms. The lowest BCUT2D eigenvalue weighted by molar-refractivity contribution is -0.140. The maximum atomic E-state index is 12.6. The fourth-order valence-electron chi connectivity index (χ4n) is 2.85. The zero-order valence-electron chi connectivity index (χ0n) is 15.4. The van der Waals surface area contributed by atoms with E-state index in [1.165, 1.54) is 5.56 Å². The summed E-state index contributed by atoms with van der Waals surface area (Å²) in [5, 5.41) is 2.90. The van der Waals surface area contributed by atoms with E-state index in [2.05, 4.69) is 5.32 Å². The van der Waals surface area contributed by atoms with Gasteiger partial charge in [0.25, 0.3) is 0 Å². The Bertz CT molecular complexity index is 765. The van der Waals surface area contributed by atoms with Gasteiger partial charge in [0.2, 0.25) is 11.8 Å². The van der Waals surface area contributed by atoms with Crippen molar-refractivity contribution in [2.24, 2.45) is 0 Å². The van der Waals surface area contributed by atoms with Crippen molar-refractivity contribution in [3.8, 4) is 0 Å². The number of nitrogens with zero attached hydrogens (tertiary/aromatic N) is 1. The summed E-state index contributed by atoms with van der Waals surface area (Å²) >= 11 is 1.58. The molecule has 1 aliphatic rings. The van der Waals surface area contributed by atoms with E-state index in [0.29, 0.717) is 18.2 Å². The summed E-state index contributed by atoms with van der Waals surface area (Å²) in [5.74, 6) is 0.832. The first-order valence-corrected chi connectivity index (χ1v) is 10.2. The summed E-state index contributed by atoms with van der Waals surface area (Å²) in [6.07, 6.45) is 0.764. The lowest BCUT2D eigenvalue weighted by Crippen LogP contribution is -2.45. The van der Waals surface area contributed by atoms with Gasteiger partial charge in [-0.15, -0.1) is 11.8 Å². The molecule has 1 aliphatic heterocycles. The third kappa shape index (κ3) is 5.58. The van der Waals surface area contributed by atoms with Gasteiger partial charge >= 0.3 is 0 Å². The van der Waals surface area contributed by atoms with Gasteiger partial charge in [0.05, 0.1) is 12.5 Å². The molecule has 2 aromatic rings. The van der Waals surface area contributed by atoms with E-state index in [0.717, 1.165) is 17.7 Å². The van der Waals surface area contributed by atoms with Crippen molar-refractivity contribution in [3.05, 3.63) is 65.7 Å². The molecule has 2 aromatic carbocycles. The summed E-state index contributed by atoms with van der Waals surface area (Å²) in [4.78, 5) is 26.7. The van der Waals surface area contributed by atoms with Gasteiger partial charge in [0, 0.05) is 11.4 Å². The number of rotatable bonds is 7. The zero-order valence-corrected chi connectivity index (χ0v) is 16.2. The monoisotopic (exact) mass is 384 g/mol. The van der Waals surface area contributed by atoms with E-state index in [9.17, 15) is 9.59 Å². The highest BCUT2D eigenvalue weighted by Gasteiger charge is 2.34. The SMILES string of the molecule is Cc1ccc(NC(=O)C2CSCN2C(=O)COCCc2ccccc2)cc1. The van der Waals surface area contributed by atoms with Crippen LogP contribution >= 0.6 is 11.8 Å². The molecule has 0 aromatic heterocycles. The zero-order chi connectivity index (χ0) is 19.1. The molecule has 2 amide bonds. The Kier molecular flexibility index (Phi) is 6.90. The highest BCUT2D eigenvalue weighted by atomic mass is 32.2. The van der Waals surface area contributed by atoms with Crippen molar-refractivity contribution in [2.45, 2.75) is 19.4 Å². The molecule has 0 saturated carbocycles. The minimum atomic E-state index is -0.457. The number of carbonyl (C=O) groups excluding carboxylic acids is 2. The molecular formula is C21H24N2O3S. The van der Waals surface area contributed by atoms with Crippen LogP contribution in [0.15, 0.2) is 54.6 Å². The molecule has 27 heavy (non-hydrogen) atoms. The Morgan fingerprint density at radius 2 is 1.89 bits per heavy atom. The number of amides is 2. The van der Waals surface area contributed by atoms with Gasteiger partial charge in [-0.1, -0.05) is 48.0 Å². The van der Waals surface area contributed by atoms with Crippen molar-refractivity contribution < 1.29 is 14.3 Å². The first-order valence-electron chi connectivity index (χ1n) is 9.00. The predicted octanol–water partition coefficient (Wildman–Crippen LogP) is 3.09. The highest BCUT2D eigenvalue weighted by Crippen LogP contribution is 2.22. The molecule has 1 heterocycles. The van der Waals surface area contributed by atoms with Crippen molar-refractivity contribution >= 4 is 29.3 Å². The van der Waals surface area contributed by atoms with Crippen LogP contribution in [0, 0.1) is 6.92 Å². The summed E-state index contributed by atoms with van der Waals surface area (Å²) in [6, 6.07) is 17.2. The molecule has 142 valence electrons. The minimum Gasteiger partial charge on any atom is -0.371 e. The number of thioether (sulfide) groups is 1. The van der Waals surface area contributed by atoms with E-state index < -0.39 is 6.04 Å². The van der Waals surface area contributed by atoms with Crippen LogP contribution in [0.5, 0.6) is 0 Å². The summed E-state index contributed by atoms with van der Waals surface area (Å²) in [5.41, 5.74) is 3.06. The maximum Gasteiger partial charge on any atom is 0.249 e. The number of ether oxygens (including phenoxy) is 1. The van der Waals surface area contributed by atoms with E-state index >= 15 is 0 Å². The lowest BCUT2D eigenvalue weighted by Gasteiger charge is -2.23. The van der Waals surface area contributed by atoms with Crippen LogP contribution in [0.25, 0.3) is 0 Å². The average Bonchev–Trinajstić information content (AvgIpc) is 3.18. The van der Waals surface area contributed by atoms with Crippen molar-refractivity contribution in [1.82, 2.24) is 4.90 Å². The third-order valence-electron chi connectivity index (χ3n) is 4.43. The van der Waals surface area contributed by atoms with Gasteiger partial charge < -0.3 is 15.0 Å². The van der Waals surface area contributed by atoms with Crippen molar-refractivity contribution in [1.29, 1.82) is 0 Å². The quantitative estimate of drug-likeness (QED) is 0.746. The van der Waals surface area contributed by atoms with Gasteiger partial charge in [-0.3, -0.25) is 9.59 Å². The first-order chi connectivity index (χ1) is 13.1. The van der Waals surface area contributed by atoms with Crippen LogP contribution in [0.4, 0.5) is 5.69 Å². The first kappa shape index (κ1) is 19.5. The lowest BCUT2D eigenvalue weighted by atomic mass is 10.2. The molecule has 0 radical (unpaired) electrons. The minimum absolute atomic E-state index is 0.00169. The molecule has 1 N–H and O–H groups in total. The number of benzene rings is 2. The van der Waals surface area contributed by atoms with Gasteiger partial charge in [0.15, 0.2) is 0 Å². The number of aryl methyl sites for hydroxylation is 1. The Hall–Kier alpha value is -2.31. The molecule has 0 bridgehead atoms. The van der Waals surface area contributed by atoms with Crippen LogP contribution < -0.4 is 5.32 Å². The number of nitrogens with one attached hydrogen (secondary N) is 1. The summed E-state index contributed by atoms with van der Waals surface area (Å²) < 4.78 is 5.54. The Labute approximate surface area is 164 Å². The number of hydrogen-bond donors (Lipinski definition) is 1. The fourth-order valence-corrected chi connectivity index (χ4v) is 4.03.